The molecule has 0 aliphatic heterocycles. The lowest BCUT2D eigenvalue weighted by atomic mass is 10.3. The van der Waals surface area contributed by atoms with Crippen molar-refractivity contribution in [2.75, 3.05) is 13.1 Å². The van der Waals surface area contributed by atoms with Crippen molar-refractivity contribution in [1.29, 1.82) is 0 Å². The summed E-state index contributed by atoms with van der Waals surface area (Å²) in [6.45, 7) is 5.52. The highest BCUT2D eigenvalue weighted by molar-refractivity contribution is 5.97. The fraction of sp³-hybridized carbons (Fsp3) is 0.500. The third-order valence-corrected chi connectivity index (χ3v) is 1.87. The van der Waals surface area contributed by atoms with E-state index >= 15 is 0 Å². The van der Waals surface area contributed by atoms with Crippen LogP contribution in [0, 0.1) is 0 Å². The van der Waals surface area contributed by atoms with Crippen LogP contribution in [-0.2, 0) is 14.4 Å². The number of rotatable bonds is 8. The Morgan fingerprint density at radius 1 is 1.18 bits per heavy atom. The van der Waals surface area contributed by atoms with Crippen molar-refractivity contribution in [3.05, 3.63) is 12.2 Å². The Morgan fingerprint density at radius 3 is 2.12 bits per heavy atom. The zero-order valence-electron chi connectivity index (χ0n) is 9.52. The number of amides is 1. The first-order chi connectivity index (χ1) is 7.86. The van der Waals surface area contributed by atoms with Crippen LogP contribution >= 0.6 is 0 Å². The van der Waals surface area contributed by atoms with Gasteiger partial charge in [-0.15, -0.1) is 0 Å². The number of nitrogens with one attached hydrogen (secondary N) is 2. The van der Waals surface area contributed by atoms with E-state index in [1.807, 2.05) is 0 Å². The van der Waals surface area contributed by atoms with Crippen LogP contribution in [0.2, 0.25) is 0 Å². The van der Waals surface area contributed by atoms with Crippen molar-refractivity contribution in [2.45, 2.75) is 19.4 Å². The molecule has 0 radical (unpaired) electrons. The van der Waals surface area contributed by atoms with Crippen LogP contribution in [0.3, 0.4) is 0 Å². The molecule has 0 aliphatic carbocycles. The lowest BCUT2D eigenvalue weighted by Gasteiger charge is -2.10. The highest BCUT2D eigenvalue weighted by Gasteiger charge is 2.24. The first kappa shape index (κ1) is 15.1. The average molecular weight is 244 g/mol. The number of carbonyl (C=O) groups excluding carboxylic acids is 1. The SMILES string of the molecule is C=C(C)C(=O)NCCCNC(C(=O)O)C(=O)O. The van der Waals surface area contributed by atoms with Gasteiger partial charge in [-0.25, -0.2) is 9.59 Å². The summed E-state index contributed by atoms with van der Waals surface area (Å²) in [6.07, 6.45) is 0.427. The molecule has 1 amide bonds. The summed E-state index contributed by atoms with van der Waals surface area (Å²) in [4.78, 5) is 32.0. The summed E-state index contributed by atoms with van der Waals surface area (Å²) in [7, 11) is 0. The van der Waals surface area contributed by atoms with Crippen molar-refractivity contribution in [2.24, 2.45) is 0 Å². The number of hydrogen-bond acceptors (Lipinski definition) is 4. The van der Waals surface area contributed by atoms with Crippen molar-refractivity contribution >= 4 is 17.8 Å². The fourth-order valence-corrected chi connectivity index (χ4v) is 0.968. The topological polar surface area (TPSA) is 116 Å². The summed E-state index contributed by atoms with van der Waals surface area (Å²) < 4.78 is 0. The molecule has 0 saturated heterocycles. The normalized spacial score (nSPS) is 10.0. The van der Waals surface area contributed by atoms with Gasteiger partial charge in [-0.2, -0.15) is 0 Å². The van der Waals surface area contributed by atoms with Gasteiger partial charge < -0.3 is 15.5 Å². The Morgan fingerprint density at radius 2 is 1.71 bits per heavy atom. The van der Waals surface area contributed by atoms with E-state index in [1.165, 1.54) is 0 Å². The molecule has 0 aliphatic rings. The van der Waals surface area contributed by atoms with E-state index in [0.29, 0.717) is 18.5 Å². The first-order valence-corrected chi connectivity index (χ1v) is 4.99. The van der Waals surface area contributed by atoms with Crippen LogP contribution < -0.4 is 10.6 Å². The van der Waals surface area contributed by atoms with Gasteiger partial charge in [-0.1, -0.05) is 6.58 Å². The number of aliphatic carboxylic acids is 2. The van der Waals surface area contributed by atoms with E-state index in [1.54, 1.807) is 6.92 Å². The van der Waals surface area contributed by atoms with E-state index in [9.17, 15) is 14.4 Å². The Labute approximate surface area is 98.5 Å². The smallest absolute Gasteiger partial charge is 0.332 e. The molecule has 0 heterocycles. The van der Waals surface area contributed by atoms with Gasteiger partial charge in [0.05, 0.1) is 0 Å². The highest BCUT2D eigenvalue weighted by Crippen LogP contribution is 1.88. The van der Waals surface area contributed by atoms with Crippen LogP contribution in [0.25, 0.3) is 0 Å². The molecule has 4 N–H and O–H groups in total. The van der Waals surface area contributed by atoms with Gasteiger partial charge in [0.2, 0.25) is 11.9 Å². The van der Waals surface area contributed by atoms with Crippen LogP contribution in [0.1, 0.15) is 13.3 Å². The molecule has 7 heteroatoms. The van der Waals surface area contributed by atoms with Crippen LogP contribution in [0.4, 0.5) is 0 Å². The molecule has 7 nitrogen and oxygen atoms in total. The summed E-state index contributed by atoms with van der Waals surface area (Å²) >= 11 is 0. The number of carboxylic acid groups (broad SMARTS) is 2. The monoisotopic (exact) mass is 244 g/mol. The van der Waals surface area contributed by atoms with Gasteiger partial charge in [0.25, 0.3) is 0 Å². The summed E-state index contributed by atoms with van der Waals surface area (Å²) in [5, 5.41) is 22.0. The minimum Gasteiger partial charge on any atom is -0.480 e. The molecule has 0 atom stereocenters. The molecule has 0 fully saturated rings. The van der Waals surface area contributed by atoms with E-state index in [4.69, 9.17) is 10.2 Å². The Bertz CT molecular complexity index is 313. The molecule has 0 bridgehead atoms. The number of carbonyl (C=O) groups is 3. The summed E-state index contributed by atoms with van der Waals surface area (Å²) in [5.41, 5.74) is 0.381. The van der Waals surface area contributed by atoms with Gasteiger partial charge in [0.15, 0.2) is 0 Å². The second-order valence-corrected chi connectivity index (χ2v) is 3.45. The van der Waals surface area contributed by atoms with Crippen LogP contribution in [-0.4, -0.2) is 47.2 Å². The van der Waals surface area contributed by atoms with E-state index in [2.05, 4.69) is 17.2 Å². The first-order valence-electron chi connectivity index (χ1n) is 4.99. The fourth-order valence-electron chi connectivity index (χ4n) is 0.968. The minimum absolute atomic E-state index is 0.180. The zero-order valence-corrected chi connectivity index (χ0v) is 9.52. The highest BCUT2D eigenvalue weighted by atomic mass is 16.4. The maximum atomic E-state index is 11.0. The van der Waals surface area contributed by atoms with Crippen molar-refractivity contribution < 1.29 is 24.6 Å². The maximum absolute atomic E-state index is 11.0. The van der Waals surface area contributed by atoms with E-state index in [0.717, 1.165) is 0 Å². The standard InChI is InChI=1S/C10H16N2O5/c1-6(2)8(13)12-5-3-4-11-7(9(14)15)10(16)17/h7,11H,1,3-5H2,2H3,(H,12,13)(H,14,15)(H,16,17). The van der Waals surface area contributed by atoms with E-state index < -0.39 is 18.0 Å². The number of carboxylic acids is 2. The molecule has 0 saturated carbocycles. The molecular formula is C10H16N2O5. The van der Waals surface area contributed by atoms with E-state index in [-0.39, 0.29) is 12.5 Å². The Hall–Kier alpha value is -1.89. The quantitative estimate of drug-likeness (QED) is 0.252. The Balaban J connectivity index is 3.77. The molecule has 0 aromatic carbocycles. The molecule has 0 unspecified atom stereocenters. The lowest BCUT2D eigenvalue weighted by molar-refractivity contribution is -0.151. The molecule has 0 rings (SSSR count). The lowest BCUT2D eigenvalue weighted by Crippen LogP contribution is -2.44. The third kappa shape index (κ3) is 6.31. The minimum atomic E-state index is -1.62. The molecular weight excluding hydrogens is 228 g/mol. The number of hydrogen-bond donors (Lipinski definition) is 4. The predicted octanol–water partition coefficient (Wildman–Crippen LogP) is -0.804. The molecule has 17 heavy (non-hydrogen) atoms. The second kappa shape index (κ2) is 7.39. The van der Waals surface area contributed by atoms with Crippen molar-refractivity contribution in [1.82, 2.24) is 10.6 Å². The van der Waals surface area contributed by atoms with Gasteiger partial charge >= 0.3 is 11.9 Å². The second-order valence-electron chi connectivity index (χ2n) is 3.45. The average Bonchev–Trinajstić information content (AvgIpc) is 2.21. The van der Waals surface area contributed by atoms with Crippen LogP contribution in [0.15, 0.2) is 12.2 Å². The van der Waals surface area contributed by atoms with Gasteiger partial charge in [-0.05, 0) is 19.9 Å². The van der Waals surface area contributed by atoms with Crippen molar-refractivity contribution in [3.8, 4) is 0 Å². The molecule has 0 spiro atoms. The van der Waals surface area contributed by atoms with Gasteiger partial charge in [0, 0.05) is 12.1 Å². The predicted molar refractivity (Wildman–Crippen MR) is 59.5 cm³/mol. The maximum Gasteiger partial charge on any atom is 0.332 e. The van der Waals surface area contributed by atoms with Crippen molar-refractivity contribution in [3.63, 3.8) is 0 Å². The molecule has 96 valence electrons. The van der Waals surface area contributed by atoms with Gasteiger partial charge in [-0.3, -0.25) is 10.1 Å². The summed E-state index contributed by atoms with van der Waals surface area (Å²) in [6, 6.07) is -1.62. The van der Waals surface area contributed by atoms with Crippen LogP contribution in [0.5, 0.6) is 0 Å². The third-order valence-electron chi connectivity index (χ3n) is 1.87. The summed E-state index contributed by atoms with van der Waals surface area (Å²) in [5.74, 6) is -3.16. The zero-order chi connectivity index (χ0) is 13.4. The Kier molecular flexibility index (Phi) is 6.57. The molecule has 0 aromatic heterocycles. The largest absolute Gasteiger partial charge is 0.480 e. The molecule has 0 aromatic rings. The van der Waals surface area contributed by atoms with Gasteiger partial charge in [0.1, 0.15) is 0 Å².